The minimum absolute atomic E-state index is 0.00145. The second kappa shape index (κ2) is 11.4. The Kier molecular flexibility index (Phi) is 7.62. The summed E-state index contributed by atoms with van der Waals surface area (Å²) in [6.45, 7) is 0.506. The van der Waals surface area contributed by atoms with E-state index in [1.54, 1.807) is 30.2 Å². The highest BCUT2D eigenvalue weighted by atomic mass is 16.6. The third kappa shape index (κ3) is 6.11. The topological polar surface area (TPSA) is 123 Å². The molecule has 1 saturated carbocycles. The van der Waals surface area contributed by atoms with Gasteiger partial charge in [0.25, 0.3) is 5.69 Å². The van der Waals surface area contributed by atoms with Gasteiger partial charge in [-0.3, -0.25) is 14.9 Å². The molecule has 5 rings (SSSR count). The molecule has 3 aromatic rings. The van der Waals surface area contributed by atoms with E-state index < -0.39 is 11.0 Å². The summed E-state index contributed by atoms with van der Waals surface area (Å²) in [7, 11) is 1.63. The lowest BCUT2D eigenvalue weighted by atomic mass is 9.98. The fraction of sp³-hybridized carbons (Fsp3) is 0.310. The number of ether oxygens (including phenoxy) is 2. The predicted molar refractivity (Wildman–Crippen MR) is 148 cm³/mol. The number of anilines is 3. The molecule has 1 aliphatic heterocycles. The van der Waals surface area contributed by atoms with Crippen molar-refractivity contribution in [3.8, 4) is 11.5 Å². The van der Waals surface area contributed by atoms with E-state index in [0.29, 0.717) is 35.8 Å². The highest BCUT2D eigenvalue weighted by Crippen LogP contribution is 2.38. The van der Waals surface area contributed by atoms with E-state index in [2.05, 4.69) is 10.6 Å². The van der Waals surface area contributed by atoms with E-state index in [-0.39, 0.29) is 23.6 Å². The molecule has 2 N–H and O–H groups in total. The zero-order valence-corrected chi connectivity index (χ0v) is 21.6. The van der Waals surface area contributed by atoms with Crippen LogP contribution in [-0.4, -0.2) is 36.6 Å². The number of nitro groups is 1. The van der Waals surface area contributed by atoms with Gasteiger partial charge in [0.05, 0.1) is 18.1 Å². The molecule has 1 unspecified atom stereocenters. The predicted octanol–water partition coefficient (Wildman–Crippen LogP) is 6.09. The number of rotatable bonds is 8. The number of benzene rings is 3. The lowest BCUT2D eigenvalue weighted by Gasteiger charge is -2.20. The standard InChI is InChI=1S/C29H30N4O6/c1-38-26-14-9-19(15-27(26)39-25-7-2-3-8-25)20-16-28(34)32(18-20)24-6-4-5-22(17-24)31-29(35)30-21-10-12-23(13-11-21)33(36)37/h4-6,9-15,17,20,25H,2-3,7-8,16,18H2,1H3,(H2,30,31,35). The van der Waals surface area contributed by atoms with Crippen LogP contribution in [-0.2, 0) is 4.79 Å². The van der Waals surface area contributed by atoms with Crippen molar-refractivity contribution in [1.29, 1.82) is 0 Å². The number of hydrogen-bond acceptors (Lipinski definition) is 6. The number of urea groups is 1. The highest BCUT2D eigenvalue weighted by molar-refractivity contribution is 6.01. The maximum absolute atomic E-state index is 13.0. The van der Waals surface area contributed by atoms with Crippen molar-refractivity contribution < 1.29 is 24.0 Å². The van der Waals surface area contributed by atoms with E-state index in [0.717, 1.165) is 24.2 Å². The maximum atomic E-state index is 13.0. The first-order chi connectivity index (χ1) is 18.9. The molecule has 0 spiro atoms. The van der Waals surface area contributed by atoms with Gasteiger partial charge < -0.3 is 25.0 Å². The zero-order valence-electron chi connectivity index (χ0n) is 21.6. The minimum atomic E-state index is -0.503. The van der Waals surface area contributed by atoms with Gasteiger partial charge in [-0.15, -0.1) is 0 Å². The molecule has 0 bridgehead atoms. The Labute approximate surface area is 226 Å². The first-order valence-electron chi connectivity index (χ1n) is 13.0. The van der Waals surface area contributed by atoms with Crippen LogP contribution in [0, 0.1) is 10.1 Å². The normalized spacial score (nSPS) is 17.2. The van der Waals surface area contributed by atoms with Crippen LogP contribution in [0.5, 0.6) is 11.5 Å². The van der Waals surface area contributed by atoms with E-state index in [9.17, 15) is 19.7 Å². The molecule has 3 aromatic carbocycles. The van der Waals surface area contributed by atoms with Crippen molar-refractivity contribution in [2.45, 2.75) is 44.1 Å². The second-order valence-corrected chi connectivity index (χ2v) is 9.77. The molecule has 0 aromatic heterocycles. The van der Waals surface area contributed by atoms with Crippen LogP contribution in [0.1, 0.15) is 43.6 Å². The molecule has 1 heterocycles. The van der Waals surface area contributed by atoms with Crippen LogP contribution in [0.4, 0.5) is 27.5 Å². The third-order valence-electron chi connectivity index (χ3n) is 7.13. The SMILES string of the molecule is COc1ccc(C2CC(=O)N(c3cccc(NC(=O)Nc4ccc([N+](=O)[O-])cc4)c3)C2)cc1OC1CCCC1. The third-order valence-corrected chi connectivity index (χ3v) is 7.13. The number of hydrogen-bond donors (Lipinski definition) is 2. The van der Waals surface area contributed by atoms with Crippen LogP contribution in [0.2, 0.25) is 0 Å². The Balaban J connectivity index is 1.25. The highest BCUT2D eigenvalue weighted by Gasteiger charge is 2.32. The summed E-state index contributed by atoms with van der Waals surface area (Å²) in [6, 6.07) is 18.0. The quantitative estimate of drug-likeness (QED) is 0.268. The summed E-state index contributed by atoms with van der Waals surface area (Å²) >= 11 is 0. The van der Waals surface area contributed by atoms with Crippen LogP contribution < -0.4 is 25.0 Å². The molecule has 2 aliphatic rings. The number of amides is 3. The molecule has 1 aliphatic carbocycles. The van der Waals surface area contributed by atoms with Gasteiger partial charge in [0.15, 0.2) is 11.5 Å². The van der Waals surface area contributed by atoms with Crippen molar-refractivity contribution in [1.82, 2.24) is 0 Å². The fourth-order valence-corrected chi connectivity index (χ4v) is 5.12. The van der Waals surface area contributed by atoms with Crippen LogP contribution in [0.15, 0.2) is 66.7 Å². The van der Waals surface area contributed by atoms with Crippen molar-refractivity contribution in [2.24, 2.45) is 0 Å². The molecule has 202 valence electrons. The van der Waals surface area contributed by atoms with Crippen molar-refractivity contribution in [3.63, 3.8) is 0 Å². The Morgan fingerprint density at radius 1 is 0.974 bits per heavy atom. The second-order valence-electron chi connectivity index (χ2n) is 9.77. The molecule has 3 amide bonds. The summed E-state index contributed by atoms with van der Waals surface area (Å²) in [5.41, 5.74) is 2.58. The van der Waals surface area contributed by atoms with Gasteiger partial charge in [-0.2, -0.15) is 0 Å². The molecular weight excluding hydrogens is 500 g/mol. The summed E-state index contributed by atoms with van der Waals surface area (Å²) in [5.74, 6) is 1.41. The van der Waals surface area contributed by atoms with Gasteiger partial charge in [0.1, 0.15) is 0 Å². The molecule has 10 heteroatoms. The molecule has 39 heavy (non-hydrogen) atoms. The van der Waals surface area contributed by atoms with Crippen LogP contribution in [0.25, 0.3) is 0 Å². The first-order valence-corrected chi connectivity index (χ1v) is 13.0. The lowest BCUT2D eigenvalue weighted by molar-refractivity contribution is -0.384. The van der Waals surface area contributed by atoms with Gasteiger partial charge in [-0.25, -0.2) is 4.79 Å². The Hall–Kier alpha value is -4.60. The van der Waals surface area contributed by atoms with Crippen molar-refractivity contribution >= 4 is 34.7 Å². The molecule has 2 fully saturated rings. The summed E-state index contributed by atoms with van der Waals surface area (Å²) in [5, 5.41) is 16.2. The first kappa shape index (κ1) is 26.0. The molecule has 0 radical (unpaired) electrons. The minimum Gasteiger partial charge on any atom is -0.493 e. The number of nitro benzene ring substituents is 1. The molecule has 1 saturated heterocycles. The van der Waals surface area contributed by atoms with Gasteiger partial charge in [-0.05, 0) is 73.7 Å². The van der Waals surface area contributed by atoms with Gasteiger partial charge in [0, 0.05) is 48.1 Å². The number of carbonyl (C=O) groups excluding carboxylic acids is 2. The number of non-ortho nitro benzene ring substituents is 1. The Morgan fingerprint density at radius 2 is 1.72 bits per heavy atom. The van der Waals surface area contributed by atoms with Gasteiger partial charge >= 0.3 is 6.03 Å². The van der Waals surface area contributed by atoms with E-state index >= 15 is 0 Å². The Morgan fingerprint density at radius 3 is 2.44 bits per heavy atom. The fourth-order valence-electron chi connectivity index (χ4n) is 5.12. The summed E-state index contributed by atoms with van der Waals surface area (Å²) in [6.07, 6.45) is 4.99. The van der Waals surface area contributed by atoms with Crippen LogP contribution in [0.3, 0.4) is 0 Å². The largest absolute Gasteiger partial charge is 0.493 e. The molecule has 10 nitrogen and oxygen atoms in total. The lowest BCUT2D eigenvalue weighted by Crippen LogP contribution is -2.25. The average Bonchev–Trinajstić information content (AvgIpc) is 3.58. The van der Waals surface area contributed by atoms with Gasteiger partial charge in [-0.1, -0.05) is 12.1 Å². The van der Waals surface area contributed by atoms with Crippen molar-refractivity contribution in [3.05, 3.63) is 82.4 Å². The smallest absolute Gasteiger partial charge is 0.323 e. The Bertz CT molecular complexity index is 1370. The average molecular weight is 531 g/mol. The van der Waals surface area contributed by atoms with Crippen molar-refractivity contribution in [2.75, 3.05) is 29.2 Å². The molecular formula is C29H30N4O6. The van der Waals surface area contributed by atoms with Crippen LogP contribution >= 0.6 is 0 Å². The monoisotopic (exact) mass is 530 g/mol. The van der Waals surface area contributed by atoms with E-state index in [4.69, 9.17) is 9.47 Å². The zero-order chi connectivity index (χ0) is 27.4. The summed E-state index contributed by atoms with van der Waals surface area (Å²) < 4.78 is 11.8. The van der Waals surface area contributed by atoms with E-state index in [1.807, 2.05) is 24.3 Å². The van der Waals surface area contributed by atoms with Gasteiger partial charge in [0.2, 0.25) is 5.91 Å². The number of carbonyl (C=O) groups is 2. The maximum Gasteiger partial charge on any atom is 0.323 e. The number of nitrogens with zero attached hydrogens (tertiary/aromatic N) is 2. The number of methoxy groups -OCH3 is 1. The molecule has 1 atom stereocenters. The number of nitrogens with one attached hydrogen (secondary N) is 2. The van der Waals surface area contributed by atoms with E-state index in [1.165, 1.54) is 37.1 Å². The summed E-state index contributed by atoms with van der Waals surface area (Å²) in [4.78, 5) is 37.5.